The SMILES string of the molecule is O=C(O)C1(S(=O)(=O)N2CCC(Oc3ccc(Oc4ccc(C(F)(F)F)cc4)cc3)CC2)CCOCC1. The standard InChI is InChI=1S/C24H26F3NO7S/c25-24(26,27)17-1-3-18(4-2-17)34-19-5-7-20(8-6-19)35-21-9-13-28(14-10-21)36(31,32)23(22(29)30)11-15-33-16-12-23/h1-8,21H,9-16H2,(H,29,30). The fourth-order valence-corrected chi connectivity index (χ4v) is 6.44. The van der Waals surface area contributed by atoms with Crippen LogP contribution in [0.15, 0.2) is 48.5 Å². The maximum atomic E-state index is 13.2. The monoisotopic (exact) mass is 529 g/mol. The van der Waals surface area contributed by atoms with Crippen LogP contribution in [0.2, 0.25) is 0 Å². The number of halogens is 3. The number of carboxylic acids is 1. The molecule has 1 N–H and O–H groups in total. The normalized spacial score (nSPS) is 19.5. The lowest BCUT2D eigenvalue weighted by Gasteiger charge is -2.39. The zero-order valence-electron chi connectivity index (χ0n) is 19.2. The number of carbonyl (C=O) groups is 1. The van der Waals surface area contributed by atoms with Gasteiger partial charge in [0, 0.05) is 39.1 Å². The summed E-state index contributed by atoms with van der Waals surface area (Å²) in [5.41, 5.74) is -0.761. The van der Waals surface area contributed by atoms with Gasteiger partial charge in [0.15, 0.2) is 4.75 Å². The van der Waals surface area contributed by atoms with Crippen molar-refractivity contribution in [1.29, 1.82) is 0 Å². The molecular formula is C24H26F3NO7S. The van der Waals surface area contributed by atoms with Crippen LogP contribution >= 0.6 is 0 Å². The number of rotatable bonds is 7. The molecule has 8 nitrogen and oxygen atoms in total. The average molecular weight is 530 g/mol. The molecule has 196 valence electrons. The Labute approximate surface area is 206 Å². The topological polar surface area (TPSA) is 102 Å². The minimum atomic E-state index is -4.42. The Bertz CT molecular complexity index is 1150. The van der Waals surface area contributed by atoms with Gasteiger partial charge < -0.3 is 19.3 Å². The lowest BCUT2D eigenvalue weighted by molar-refractivity contribution is -0.143. The molecule has 0 aromatic heterocycles. The molecule has 2 saturated heterocycles. The predicted molar refractivity (Wildman–Crippen MR) is 123 cm³/mol. The maximum Gasteiger partial charge on any atom is 0.416 e. The van der Waals surface area contributed by atoms with Crippen molar-refractivity contribution in [3.8, 4) is 17.2 Å². The predicted octanol–water partition coefficient (Wildman–Crippen LogP) is 4.30. The molecule has 2 aromatic carbocycles. The molecule has 0 amide bonds. The largest absolute Gasteiger partial charge is 0.490 e. The Morgan fingerprint density at radius 3 is 1.94 bits per heavy atom. The van der Waals surface area contributed by atoms with E-state index in [9.17, 15) is 31.5 Å². The maximum absolute atomic E-state index is 13.2. The van der Waals surface area contributed by atoms with Crippen molar-refractivity contribution in [3.63, 3.8) is 0 Å². The molecule has 12 heteroatoms. The van der Waals surface area contributed by atoms with Gasteiger partial charge in [-0.05, 0) is 61.4 Å². The molecule has 4 rings (SSSR count). The Kier molecular flexibility index (Phi) is 7.48. The van der Waals surface area contributed by atoms with Gasteiger partial charge in [0.05, 0.1) is 5.56 Å². The molecule has 0 atom stereocenters. The van der Waals surface area contributed by atoms with E-state index >= 15 is 0 Å². The van der Waals surface area contributed by atoms with Crippen molar-refractivity contribution in [3.05, 3.63) is 54.1 Å². The Balaban J connectivity index is 1.32. The van der Waals surface area contributed by atoms with E-state index in [4.69, 9.17) is 14.2 Å². The highest BCUT2D eigenvalue weighted by atomic mass is 32.2. The molecule has 0 saturated carbocycles. The highest BCUT2D eigenvalue weighted by Crippen LogP contribution is 2.35. The molecule has 2 heterocycles. The summed E-state index contributed by atoms with van der Waals surface area (Å²) in [6.45, 7) is 0.476. The molecule has 0 bridgehead atoms. The summed E-state index contributed by atoms with van der Waals surface area (Å²) in [5.74, 6) is -0.141. The number of nitrogens with zero attached hydrogens (tertiary/aromatic N) is 1. The van der Waals surface area contributed by atoms with E-state index in [0.717, 1.165) is 12.1 Å². The van der Waals surface area contributed by atoms with Crippen LogP contribution in [0.3, 0.4) is 0 Å². The first-order valence-corrected chi connectivity index (χ1v) is 12.9. The number of aliphatic carboxylic acids is 1. The summed E-state index contributed by atoms with van der Waals surface area (Å²) in [6, 6.07) is 10.9. The van der Waals surface area contributed by atoms with Crippen molar-refractivity contribution in [1.82, 2.24) is 4.31 Å². The highest BCUT2D eigenvalue weighted by Gasteiger charge is 2.54. The first-order valence-electron chi connectivity index (χ1n) is 11.4. The fraction of sp³-hybridized carbons (Fsp3) is 0.458. The van der Waals surface area contributed by atoms with E-state index in [1.807, 2.05) is 0 Å². The average Bonchev–Trinajstić information content (AvgIpc) is 2.85. The van der Waals surface area contributed by atoms with Gasteiger partial charge in [0.25, 0.3) is 0 Å². The van der Waals surface area contributed by atoms with Crippen LogP contribution in [0, 0.1) is 0 Å². The molecule has 0 spiro atoms. The van der Waals surface area contributed by atoms with Crippen LogP contribution in [0.25, 0.3) is 0 Å². The summed E-state index contributed by atoms with van der Waals surface area (Å²) in [6.07, 6.45) is -4.04. The Morgan fingerprint density at radius 2 is 1.44 bits per heavy atom. The van der Waals surface area contributed by atoms with E-state index in [0.29, 0.717) is 24.3 Å². The summed E-state index contributed by atoms with van der Waals surface area (Å²) >= 11 is 0. The molecule has 2 aliphatic rings. The molecule has 36 heavy (non-hydrogen) atoms. The summed E-state index contributed by atoms with van der Waals surface area (Å²) in [5, 5.41) is 9.72. The van der Waals surface area contributed by atoms with Crippen molar-refractivity contribution in [2.24, 2.45) is 0 Å². The molecule has 2 aliphatic heterocycles. The first-order chi connectivity index (χ1) is 17.0. The van der Waals surface area contributed by atoms with Crippen LogP contribution in [-0.2, 0) is 25.7 Å². The fourth-order valence-electron chi connectivity index (χ4n) is 4.35. The number of carboxylic acid groups (broad SMARTS) is 1. The van der Waals surface area contributed by atoms with E-state index in [2.05, 4.69) is 0 Å². The van der Waals surface area contributed by atoms with Crippen LogP contribution in [0.4, 0.5) is 13.2 Å². The van der Waals surface area contributed by atoms with Gasteiger partial charge >= 0.3 is 12.1 Å². The summed E-state index contributed by atoms with van der Waals surface area (Å²) in [7, 11) is -4.07. The van der Waals surface area contributed by atoms with Crippen molar-refractivity contribution in [2.75, 3.05) is 26.3 Å². The van der Waals surface area contributed by atoms with E-state index in [1.54, 1.807) is 24.3 Å². The minimum Gasteiger partial charge on any atom is -0.490 e. The number of hydrogen-bond donors (Lipinski definition) is 1. The van der Waals surface area contributed by atoms with E-state index < -0.39 is 32.5 Å². The molecular weight excluding hydrogens is 503 g/mol. The highest BCUT2D eigenvalue weighted by molar-refractivity contribution is 7.91. The molecule has 2 aromatic rings. The van der Waals surface area contributed by atoms with Crippen LogP contribution in [0.1, 0.15) is 31.2 Å². The number of piperidine rings is 1. The quantitative estimate of drug-likeness (QED) is 0.571. The third kappa shape index (κ3) is 5.45. The van der Waals surface area contributed by atoms with Gasteiger partial charge in [-0.1, -0.05) is 0 Å². The minimum absolute atomic E-state index is 0.0814. The van der Waals surface area contributed by atoms with Gasteiger partial charge in [0.1, 0.15) is 23.4 Å². The number of alkyl halides is 3. The van der Waals surface area contributed by atoms with Crippen LogP contribution < -0.4 is 9.47 Å². The lowest BCUT2D eigenvalue weighted by atomic mass is 9.99. The zero-order valence-corrected chi connectivity index (χ0v) is 20.1. The van der Waals surface area contributed by atoms with Gasteiger partial charge in [0.2, 0.25) is 10.0 Å². The van der Waals surface area contributed by atoms with Gasteiger partial charge in [-0.2, -0.15) is 13.2 Å². The number of ether oxygens (including phenoxy) is 3. The smallest absolute Gasteiger partial charge is 0.416 e. The molecule has 0 aliphatic carbocycles. The Morgan fingerprint density at radius 1 is 0.944 bits per heavy atom. The lowest BCUT2D eigenvalue weighted by Crippen LogP contribution is -2.58. The molecule has 0 unspecified atom stereocenters. The first kappa shape index (κ1) is 26.2. The summed E-state index contributed by atoms with van der Waals surface area (Å²) in [4.78, 5) is 11.9. The van der Waals surface area contributed by atoms with Crippen molar-refractivity contribution >= 4 is 16.0 Å². The third-order valence-electron chi connectivity index (χ3n) is 6.47. The Hall–Kier alpha value is -2.83. The van der Waals surface area contributed by atoms with Gasteiger partial charge in [-0.3, -0.25) is 4.79 Å². The third-order valence-corrected chi connectivity index (χ3v) is 9.08. The van der Waals surface area contributed by atoms with E-state index in [1.165, 1.54) is 16.4 Å². The van der Waals surface area contributed by atoms with Crippen molar-refractivity contribution in [2.45, 2.75) is 42.7 Å². The molecule has 0 radical (unpaired) electrons. The van der Waals surface area contributed by atoms with Gasteiger partial charge in [-0.15, -0.1) is 0 Å². The van der Waals surface area contributed by atoms with Crippen LogP contribution in [0.5, 0.6) is 17.2 Å². The summed E-state index contributed by atoms with van der Waals surface area (Å²) < 4.78 is 80.5. The number of hydrogen-bond acceptors (Lipinski definition) is 6. The zero-order chi connectivity index (χ0) is 26.0. The van der Waals surface area contributed by atoms with E-state index in [-0.39, 0.29) is 51.0 Å². The second-order valence-corrected chi connectivity index (χ2v) is 11.0. The van der Waals surface area contributed by atoms with Crippen LogP contribution in [-0.4, -0.2) is 61.0 Å². The molecule has 2 fully saturated rings. The second kappa shape index (κ2) is 10.3. The number of sulfonamides is 1. The number of benzene rings is 2. The second-order valence-electron chi connectivity index (χ2n) is 8.73. The van der Waals surface area contributed by atoms with Gasteiger partial charge in [-0.25, -0.2) is 12.7 Å². The van der Waals surface area contributed by atoms with Crippen molar-refractivity contribution < 1.29 is 45.7 Å².